The monoisotopic (exact) mass is 244 g/mol. The van der Waals surface area contributed by atoms with E-state index in [1.165, 1.54) is 0 Å². The summed E-state index contributed by atoms with van der Waals surface area (Å²) in [5.41, 5.74) is -0.907. The number of aliphatic carboxylic acids is 1. The third-order valence-corrected chi connectivity index (χ3v) is 3.28. The summed E-state index contributed by atoms with van der Waals surface area (Å²) in [6.07, 6.45) is 1.02. The molecule has 0 radical (unpaired) electrons. The molecule has 0 heterocycles. The number of hydrogen-bond acceptors (Lipinski definition) is 3. The maximum absolute atomic E-state index is 12.1. The first-order valence-electron chi connectivity index (χ1n) is 6.21. The molecule has 1 N–H and O–H groups in total. The number of esters is 1. The Hall–Kier alpha value is -1.06. The van der Waals surface area contributed by atoms with Gasteiger partial charge in [-0.05, 0) is 25.7 Å². The minimum atomic E-state index is -0.944. The molecule has 2 atom stereocenters. The van der Waals surface area contributed by atoms with Gasteiger partial charge in [0.15, 0.2) is 0 Å². The number of hydrogen-bond donors (Lipinski definition) is 1. The van der Waals surface area contributed by atoms with Crippen LogP contribution in [0.2, 0.25) is 0 Å². The molecule has 0 fully saturated rings. The minimum absolute atomic E-state index is 0.251. The predicted molar refractivity (Wildman–Crippen MR) is 65.6 cm³/mol. The zero-order valence-corrected chi connectivity index (χ0v) is 11.4. The van der Waals surface area contributed by atoms with E-state index in [4.69, 9.17) is 4.74 Å². The predicted octanol–water partition coefficient (Wildman–Crippen LogP) is 2.71. The van der Waals surface area contributed by atoms with Crippen LogP contribution < -0.4 is 0 Å². The molecule has 0 aliphatic heterocycles. The van der Waals surface area contributed by atoms with Gasteiger partial charge in [0.2, 0.25) is 0 Å². The van der Waals surface area contributed by atoms with Crippen molar-refractivity contribution in [2.45, 2.75) is 47.5 Å². The summed E-state index contributed by atoms with van der Waals surface area (Å²) in [6, 6.07) is 0. The number of carbonyl (C=O) groups excluding carboxylic acids is 1. The van der Waals surface area contributed by atoms with Crippen molar-refractivity contribution < 1.29 is 19.4 Å². The second-order valence-corrected chi connectivity index (χ2v) is 4.89. The number of carboxylic acid groups (broad SMARTS) is 1. The Balaban J connectivity index is 5.27. The van der Waals surface area contributed by atoms with Crippen molar-refractivity contribution in [2.24, 2.45) is 17.3 Å². The molecule has 0 aromatic carbocycles. The van der Waals surface area contributed by atoms with E-state index in [2.05, 4.69) is 0 Å². The lowest BCUT2D eigenvalue weighted by atomic mass is 9.69. The van der Waals surface area contributed by atoms with E-state index in [1.807, 2.05) is 20.8 Å². The van der Waals surface area contributed by atoms with Crippen LogP contribution >= 0.6 is 0 Å². The topological polar surface area (TPSA) is 63.6 Å². The molecule has 0 saturated heterocycles. The quantitative estimate of drug-likeness (QED) is 0.699. The summed E-state index contributed by atoms with van der Waals surface area (Å²) < 4.78 is 5.07. The molecule has 0 bridgehead atoms. The van der Waals surface area contributed by atoms with Crippen LogP contribution in [0.4, 0.5) is 0 Å². The molecule has 0 spiro atoms. The molecular weight excluding hydrogens is 220 g/mol. The number of carboxylic acids is 1. The van der Waals surface area contributed by atoms with Crippen molar-refractivity contribution >= 4 is 11.9 Å². The standard InChI is InChI=1S/C13H24O4/c1-6-13(8-9(3)4,10(5)11(14)15)12(16)17-7-2/h9-10H,6-8H2,1-5H3,(H,14,15). The van der Waals surface area contributed by atoms with Crippen LogP contribution in [0.25, 0.3) is 0 Å². The summed E-state index contributed by atoms with van der Waals surface area (Å²) in [5, 5.41) is 9.17. The fourth-order valence-corrected chi connectivity index (χ4v) is 2.27. The summed E-state index contributed by atoms with van der Waals surface area (Å²) >= 11 is 0. The fraction of sp³-hybridized carbons (Fsp3) is 0.846. The van der Waals surface area contributed by atoms with E-state index in [-0.39, 0.29) is 18.5 Å². The van der Waals surface area contributed by atoms with Crippen LogP contribution in [0, 0.1) is 17.3 Å². The molecule has 0 aliphatic carbocycles. The number of carbonyl (C=O) groups is 2. The van der Waals surface area contributed by atoms with E-state index in [0.717, 1.165) is 0 Å². The van der Waals surface area contributed by atoms with Gasteiger partial charge < -0.3 is 9.84 Å². The van der Waals surface area contributed by atoms with Crippen molar-refractivity contribution in [3.63, 3.8) is 0 Å². The highest BCUT2D eigenvalue weighted by molar-refractivity contribution is 5.84. The number of rotatable bonds is 7. The highest BCUT2D eigenvalue weighted by Crippen LogP contribution is 2.39. The molecule has 0 rings (SSSR count). The zero-order chi connectivity index (χ0) is 13.6. The van der Waals surface area contributed by atoms with Gasteiger partial charge in [-0.15, -0.1) is 0 Å². The van der Waals surface area contributed by atoms with E-state index < -0.39 is 17.3 Å². The molecule has 2 unspecified atom stereocenters. The molecule has 4 heteroatoms. The summed E-state index contributed by atoms with van der Waals surface area (Å²) in [6.45, 7) is 9.42. The Morgan fingerprint density at radius 2 is 1.76 bits per heavy atom. The average Bonchev–Trinajstić information content (AvgIpc) is 2.24. The summed E-state index contributed by atoms with van der Waals surface area (Å²) in [4.78, 5) is 23.3. The Morgan fingerprint density at radius 3 is 2.06 bits per heavy atom. The second-order valence-electron chi connectivity index (χ2n) is 4.89. The average molecular weight is 244 g/mol. The lowest BCUT2D eigenvalue weighted by molar-refractivity contribution is -0.168. The lowest BCUT2D eigenvalue weighted by Gasteiger charge is -2.35. The summed E-state index contributed by atoms with van der Waals surface area (Å²) in [7, 11) is 0. The van der Waals surface area contributed by atoms with E-state index in [9.17, 15) is 14.7 Å². The van der Waals surface area contributed by atoms with Crippen LogP contribution in [0.5, 0.6) is 0 Å². The van der Waals surface area contributed by atoms with Crippen molar-refractivity contribution in [3.8, 4) is 0 Å². The van der Waals surface area contributed by atoms with Gasteiger partial charge in [0.05, 0.1) is 17.9 Å². The second kappa shape index (κ2) is 6.62. The highest BCUT2D eigenvalue weighted by Gasteiger charge is 2.46. The van der Waals surface area contributed by atoms with Gasteiger partial charge in [-0.2, -0.15) is 0 Å². The first kappa shape index (κ1) is 15.9. The van der Waals surface area contributed by atoms with Crippen molar-refractivity contribution in [3.05, 3.63) is 0 Å². The maximum atomic E-state index is 12.1. The molecule has 0 amide bonds. The van der Waals surface area contributed by atoms with E-state index in [1.54, 1.807) is 13.8 Å². The first-order valence-corrected chi connectivity index (χ1v) is 6.21. The van der Waals surface area contributed by atoms with Gasteiger partial charge in [-0.25, -0.2) is 0 Å². The van der Waals surface area contributed by atoms with Gasteiger partial charge in [0.25, 0.3) is 0 Å². The maximum Gasteiger partial charge on any atom is 0.312 e. The molecule has 0 aromatic heterocycles. The lowest BCUT2D eigenvalue weighted by Crippen LogP contribution is -2.43. The Kier molecular flexibility index (Phi) is 6.21. The van der Waals surface area contributed by atoms with E-state index >= 15 is 0 Å². The third-order valence-electron chi connectivity index (χ3n) is 3.28. The Morgan fingerprint density at radius 1 is 1.24 bits per heavy atom. The fourth-order valence-electron chi connectivity index (χ4n) is 2.27. The molecule has 0 saturated carbocycles. The van der Waals surface area contributed by atoms with Gasteiger partial charge >= 0.3 is 11.9 Å². The molecule has 100 valence electrons. The van der Waals surface area contributed by atoms with Gasteiger partial charge in [-0.3, -0.25) is 9.59 Å². The van der Waals surface area contributed by atoms with Gasteiger partial charge in [0, 0.05) is 0 Å². The largest absolute Gasteiger partial charge is 0.481 e. The van der Waals surface area contributed by atoms with Crippen LogP contribution in [0.3, 0.4) is 0 Å². The zero-order valence-electron chi connectivity index (χ0n) is 11.4. The molecule has 17 heavy (non-hydrogen) atoms. The van der Waals surface area contributed by atoms with Crippen molar-refractivity contribution in [1.29, 1.82) is 0 Å². The molecule has 0 aliphatic rings. The van der Waals surface area contributed by atoms with Crippen molar-refractivity contribution in [1.82, 2.24) is 0 Å². The SMILES string of the molecule is CCOC(=O)C(CC)(CC(C)C)C(C)C(=O)O. The molecular formula is C13H24O4. The van der Waals surface area contributed by atoms with Crippen LogP contribution in [0.15, 0.2) is 0 Å². The molecule has 4 nitrogen and oxygen atoms in total. The van der Waals surface area contributed by atoms with Crippen LogP contribution in [0.1, 0.15) is 47.5 Å². The minimum Gasteiger partial charge on any atom is -0.481 e. The van der Waals surface area contributed by atoms with Crippen LogP contribution in [-0.4, -0.2) is 23.7 Å². The molecule has 0 aromatic rings. The van der Waals surface area contributed by atoms with E-state index in [0.29, 0.717) is 12.8 Å². The van der Waals surface area contributed by atoms with Crippen LogP contribution in [-0.2, 0) is 14.3 Å². The number of ether oxygens (including phenoxy) is 1. The smallest absolute Gasteiger partial charge is 0.312 e. The van der Waals surface area contributed by atoms with Gasteiger partial charge in [-0.1, -0.05) is 27.7 Å². The van der Waals surface area contributed by atoms with Gasteiger partial charge in [0.1, 0.15) is 0 Å². The normalized spacial score (nSPS) is 16.4. The third kappa shape index (κ3) is 3.72. The Labute approximate surface area is 103 Å². The summed E-state index contributed by atoms with van der Waals surface area (Å²) in [5.74, 6) is -1.80. The first-order chi connectivity index (χ1) is 7.81. The van der Waals surface area contributed by atoms with Crippen molar-refractivity contribution in [2.75, 3.05) is 6.61 Å². The Bertz CT molecular complexity index is 273. The highest BCUT2D eigenvalue weighted by atomic mass is 16.5.